The molecule has 1 aromatic carbocycles. The van der Waals surface area contributed by atoms with E-state index >= 15 is 0 Å². The van der Waals surface area contributed by atoms with Gasteiger partial charge in [-0.2, -0.15) is 13.2 Å². The van der Waals surface area contributed by atoms with Gasteiger partial charge in [-0.3, -0.25) is 4.79 Å². The van der Waals surface area contributed by atoms with E-state index in [-0.39, 0.29) is 24.2 Å². The molecule has 0 atom stereocenters. The van der Waals surface area contributed by atoms with E-state index in [9.17, 15) is 22.4 Å². The molecule has 1 aromatic rings. The number of nitrogens with one attached hydrogen (secondary N) is 2. The molecular formula is C14H18F4N2O. The van der Waals surface area contributed by atoms with Crippen molar-refractivity contribution in [1.82, 2.24) is 5.32 Å². The van der Waals surface area contributed by atoms with Gasteiger partial charge in [0.25, 0.3) is 0 Å². The summed E-state index contributed by atoms with van der Waals surface area (Å²) in [6, 6.07) is 2.58. The summed E-state index contributed by atoms with van der Waals surface area (Å²) in [6.45, 7) is 3.69. The summed E-state index contributed by atoms with van der Waals surface area (Å²) in [5.74, 6) is -1.66. The standard InChI is InChI=1S/C14H18F4N2O/c1-3-9(4-2)20-13(21)8-19-10-5-6-12(15)11(7-10)14(16,17)18/h5-7,9,19H,3-4,8H2,1-2H3,(H,20,21). The van der Waals surface area contributed by atoms with Crippen molar-refractivity contribution in [3.8, 4) is 0 Å². The summed E-state index contributed by atoms with van der Waals surface area (Å²) in [6.07, 6.45) is -3.21. The van der Waals surface area contributed by atoms with Crippen LogP contribution in [0.15, 0.2) is 18.2 Å². The number of alkyl halides is 3. The normalized spacial score (nSPS) is 11.6. The first kappa shape index (κ1) is 17.3. The van der Waals surface area contributed by atoms with Gasteiger partial charge < -0.3 is 10.6 Å². The van der Waals surface area contributed by atoms with E-state index in [2.05, 4.69) is 10.6 Å². The van der Waals surface area contributed by atoms with Crippen LogP contribution in [0.1, 0.15) is 32.3 Å². The zero-order valence-corrected chi connectivity index (χ0v) is 11.9. The van der Waals surface area contributed by atoms with E-state index in [4.69, 9.17) is 0 Å². The highest BCUT2D eigenvalue weighted by atomic mass is 19.4. The van der Waals surface area contributed by atoms with Gasteiger partial charge in [-0.15, -0.1) is 0 Å². The Morgan fingerprint density at radius 3 is 2.38 bits per heavy atom. The molecule has 0 aliphatic heterocycles. The second-order valence-corrected chi connectivity index (χ2v) is 4.63. The van der Waals surface area contributed by atoms with Crippen molar-refractivity contribution >= 4 is 11.6 Å². The zero-order valence-electron chi connectivity index (χ0n) is 11.9. The fourth-order valence-electron chi connectivity index (χ4n) is 1.81. The number of anilines is 1. The molecule has 2 N–H and O–H groups in total. The van der Waals surface area contributed by atoms with Gasteiger partial charge in [-0.1, -0.05) is 13.8 Å². The van der Waals surface area contributed by atoms with Gasteiger partial charge >= 0.3 is 6.18 Å². The number of rotatable bonds is 6. The maximum atomic E-state index is 13.1. The van der Waals surface area contributed by atoms with E-state index in [0.29, 0.717) is 6.07 Å². The Morgan fingerprint density at radius 1 is 1.24 bits per heavy atom. The summed E-state index contributed by atoms with van der Waals surface area (Å²) < 4.78 is 50.7. The van der Waals surface area contributed by atoms with E-state index in [1.165, 1.54) is 0 Å². The highest BCUT2D eigenvalue weighted by Crippen LogP contribution is 2.32. The van der Waals surface area contributed by atoms with Crippen molar-refractivity contribution in [2.24, 2.45) is 0 Å². The molecule has 0 radical (unpaired) electrons. The first-order chi connectivity index (χ1) is 9.77. The van der Waals surface area contributed by atoms with Gasteiger partial charge in [-0.05, 0) is 31.0 Å². The maximum absolute atomic E-state index is 13.1. The first-order valence-corrected chi connectivity index (χ1v) is 6.67. The number of halogens is 4. The minimum absolute atomic E-state index is 0.0400. The largest absolute Gasteiger partial charge is 0.419 e. The molecule has 0 saturated heterocycles. The monoisotopic (exact) mass is 306 g/mol. The molecule has 0 heterocycles. The van der Waals surface area contributed by atoms with Crippen molar-refractivity contribution in [2.45, 2.75) is 38.9 Å². The average molecular weight is 306 g/mol. The Morgan fingerprint density at radius 2 is 1.86 bits per heavy atom. The van der Waals surface area contributed by atoms with E-state index in [0.717, 1.165) is 25.0 Å². The van der Waals surface area contributed by atoms with Gasteiger partial charge in [0.05, 0.1) is 12.1 Å². The highest BCUT2D eigenvalue weighted by molar-refractivity contribution is 5.81. The molecule has 0 bridgehead atoms. The van der Waals surface area contributed by atoms with Crippen LogP contribution in [-0.4, -0.2) is 18.5 Å². The van der Waals surface area contributed by atoms with Gasteiger partial charge in [0, 0.05) is 11.7 Å². The van der Waals surface area contributed by atoms with Gasteiger partial charge in [0.2, 0.25) is 5.91 Å². The molecule has 0 aromatic heterocycles. The van der Waals surface area contributed by atoms with Crippen LogP contribution in [0.4, 0.5) is 23.2 Å². The minimum Gasteiger partial charge on any atom is -0.376 e. The van der Waals surface area contributed by atoms with E-state index in [1.54, 1.807) is 0 Å². The molecule has 1 rings (SSSR count). The zero-order chi connectivity index (χ0) is 16.0. The molecule has 0 saturated carbocycles. The van der Waals surface area contributed by atoms with Crippen molar-refractivity contribution in [3.05, 3.63) is 29.6 Å². The Labute approximate surface area is 120 Å². The smallest absolute Gasteiger partial charge is 0.376 e. The van der Waals surface area contributed by atoms with Crippen LogP contribution >= 0.6 is 0 Å². The number of carbonyl (C=O) groups is 1. The molecule has 0 unspecified atom stereocenters. The number of amides is 1. The SMILES string of the molecule is CCC(CC)NC(=O)CNc1ccc(F)c(C(F)(F)F)c1. The fraction of sp³-hybridized carbons (Fsp3) is 0.500. The average Bonchev–Trinajstić information content (AvgIpc) is 2.42. The quantitative estimate of drug-likeness (QED) is 0.789. The molecular weight excluding hydrogens is 288 g/mol. The van der Waals surface area contributed by atoms with Crippen molar-refractivity contribution in [2.75, 3.05) is 11.9 Å². The third kappa shape index (κ3) is 5.24. The lowest BCUT2D eigenvalue weighted by Crippen LogP contribution is -2.37. The number of benzene rings is 1. The topological polar surface area (TPSA) is 41.1 Å². The molecule has 118 valence electrons. The molecule has 0 aliphatic carbocycles. The van der Waals surface area contributed by atoms with Gasteiger partial charge in [0.1, 0.15) is 5.82 Å². The number of hydrogen-bond donors (Lipinski definition) is 2. The van der Waals surface area contributed by atoms with Crippen LogP contribution in [0.25, 0.3) is 0 Å². The summed E-state index contributed by atoms with van der Waals surface area (Å²) in [5, 5.41) is 5.30. The molecule has 0 aliphatic rings. The van der Waals surface area contributed by atoms with Gasteiger partial charge in [-0.25, -0.2) is 4.39 Å². The Hall–Kier alpha value is -1.79. The maximum Gasteiger partial charge on any atom is 0.419 e. The molecule has 0 spiro atoms. The lowest BCUT2D eigenvalue weighted by Gasteiger charge is -2.16. The second kappa shape index (κ2) is 7.28. The van der Waals surface area contributed by atoms with Crippen molar-refractivity contribution in [1.29, 1.82) is 0 Å². The Kier molecular flexibility index (Phi) is 5.99. The molecule has 3 nitrogen and oxygen atoms in total. The second-order valence-electron chi connectivity index (χ2n) is 4.63. The lowest BCUT2D eigenvalue weighted by molar-refractivity contribution is -0.139. The third-order valence-corrected chi connectivity index (χ3v) is 3.08. The molecule has 21 heavy (non-hydrogen) atoms. The minimum atomic E-state index is -4.76. The lowest BCUT2D eigenvalue weighted by atomic mass is 10.1. The van der Waals surface area contributed by atoms with Crippen LogP contribution in [0, 0.1) is 5.82 Å². The van der Waals surface area contributed by atoms with Crippen LogP contribution < -0.4 is 10.6 Å². The fourth-order valence-corrected chi connectivity index (χ4v) is 1.81. The highest BCUT2D eigenvalue weighted by Gasteiger charge is 2.34. The molecule has 0 fully saturated rings. The van der Waals surface area contributed by atoms with Crippen LogP contribution in [0.5, 0.6) is 0 Å². The Bertz CT molecular complexity index is 484. The summed E-state index contributed by atoms with van der Waals surface area (Å²) in [5.41, 5.74) is -1.31. The van der Waals surface area contributed by atoms with Crippen LogP contribution in [-0.2, 0) is 11.0 Å². The number of hydrogen-bond acceptors (Lipinski definition) is 2. The van der Waals surface area contributed by atoms with E-state index in [1.807, 2.05) is 13.8 Å². The predicted molar refractivity (Wildman–Crippen MR) is 72.4 cm³/mol. The van der Waals surface area contributed by atoms with Gasteiger partial charge in [0.15, 0.2) is 0 Å². The summed E-state index contributed by atoms with van der Waals surface area (Å²) in [7, 11) is 0. The molecule has 1 amide bonds. The van der Waals surface area contributed by atoms with Crippen LogP contribution in [0.2, 0.25) is 0 Å². The first-order valence-electron chi connectivity index (χ1n) is 6.67. The predicted octanol–water partition coefficient (Wildman–Crippen LogP) is 3.56. The van der Waals surface area contributed by atoms with Crippen molar-refractivity contribution in [3.63, 3.8) is 0 Å². The van der Waals surface area contributed by atoms with Crippen LogP contribution in [0.3, 0.4) is 0 Å². The summed E-state index contributed by atoms with van der Waals surface area (Å²) in [4.78, 5) is 11.6. The number of carbonyl (C=O) groups excluding carboxylic acids is 1. The van der Waals surface area contributed by atoms with E-state index < -0.39 is 17.6 Å². The Balaban J connectivity index is 2.66. The third-order valence-electron chi connectivity index (χ3n) is 3.08. The summed E-state index contributed by atoms with van der Waals surface area (Å²) >= 11 is 0. The molecule has 7 heteroatoms. The van der Waals surface area contributed by atoms with Crippen molar-refractivity contribution < 1.29 is 22.4 Å².